The summed E-state index contributed by atoms with van der Waals surface area (Å²) in [6.07, 6.45) is 0. The van der Waals surface area contributed by atoms with Gasteiger partial charge in [0.15, 0.2) is 6.61 Å². The van der Waals surface area contributed by atoms with E-state index >= 15 is 0 Å². The Hall–Kier alpha value is -3.02. The van der Waals surface area contributed by atoms with Crippen LogP contribution in [0, 0.1) is 5.92 Å². The Morgan fingerprint density at radius 2 is 1.35 bits per heavy atom. The van der Waals surface area contributed by atoms with Gasteiger partial charge in [0.05, 0.1) is 6.61 Å². The van der Waals surface area contributed by atoms with Crippen LogP contribution in [0.2, 0.25) is 0 Å². The molecule has 0 aliphatic heterocycles. The van der Waals surface area contributed by atoms with Crippen molar-refractivity contribution in [2.75, 3.05) is 23.8 Å². The number of carbonyl (C=O) groups is 2. The van der Waals surface area contributed by atoms with Crippen molar-refractivity contribution in [2.45, 2.75) is 20.8 Å². The van der Waals surface area contributed by atoms with Crippen LogP contribution in [0.3, 0.4) is 0 Å². The molecule has 0 atom stereocenters. The van der Waals surface area contributed by atoms with Crippen LogP contribution in [0.4, 0.5) is 11.4 Å². The van der Waals surface area contributed by atoms with E-state index in [2.05, 4.69) is 10.6 Å². The van der Waals surface area contributed by atoms with Crippen LogP contribution in [-0.2, 0) is 9.59 Å². The first-order valence-corrected chi connectivity index (χ1v) is 8.54. The molecular formula is C20H24N2O4. The fourth-order valence-electron chi connectivity index (χ4n) is 2.07. The van der Waals surface area contributed by atoms with Gasteiger partial charge in [-0.2, -0.15) is 0 Å². The Morgan fingerprint density at radius 3 is 1.85 bits per heavy atom. The van der Waals surface area contributed by atoms with Crippen molar-refractivity contribution >= 4 is 23.2 Å². The Morgan fingerprint density at radius 1 is 0.846 bits per heavy atom. The Kier molecular flexibility index (Phi) is 7.02. The fourth-order valence-corrected chi connectivity index (χ4v) is 2.07. The highest BCUT2D eigenvalue weighted by molar-refractivity contribution is 5.94. The first kappa shape index (κ1) is 19.3. The van der Waals surface area contributed by atoms with E-state index in [1.807, 2.05) is 20.8 Å². The molecule has 0 fully saturated rings. The standard InChI is InChI=1S/C20H24N2O4/c1-4-25-17-9-11-18(12-10-17)26-13-19(23)21-15-5-7-16(8-6-15)22-20(24)14(2)3/h5-12,14H,4,13H2,1-3H3,(H,21,23)(H,22,24). The number of hydrogen-bond acceptors (Lipinski definition) is 4. The number of rotatable bonds is 8. The van der Waals surface area contributed by atoms with Gasteiger partial charge in [-0.3, -0.25) is 9.59 Å². The van der Waals surface area contributed by atoms with Crippen molar-refractivity contribution in [3.8, 4) is 11.5 Å². The van der Waals surface area contributed by atoms with Gasteiger partial charge < -0.3 is 20.1 Å². The van der Waals surface area contributed by atoms with Gasteiger partial charge in [0.25, 0.3) is 5.91 Å². The summed E-state index contributed by atoms with van der Waals surface area (Å²) in [4.78, 5) is 23.6. The molecule has 0 spiro atoms. The Bertz CT molecular complexity index is 724. The lowest BCUT2D eigenvalue weighted by Crippen LogP contribution is -2.20. The largest absolute Gasteiger partial charge is 0.494 e. The summed E-state index contributed by atoms with van der Waals surface area (Å²) in [6, 6.07) is 14.0. The molecule has 0 heterocycles. The van der Waals surface area contributed by atoms with Crippen LogP contribution in [0.1, 0.15) is 20.8 Å². The van der Waals surface area contributed by atoms with E-state index in [1.165, 1.54) is 0 Å². The van der Waals surface area contributed by atoms with E-state index in [9.17, 15) is 9.59 Å². The monoisotopic (exact) mass is 356 g/mol. The second kappa shape index (κ2) is 9.46. The average molecular weight is 356 g/mol. The molecular weight excluding hydrogens is 332 g/mol. The maximum Gasteiger partial charge on any atom is 0.262 e. The lowest BCUT2D eigenvalue weighted by Gasteiger charge is -2.10. The summed E-state index contributed by atoms with van der Waals surface area (Å²) in [7, 11) is 0. The third kappa shape index (κ3) is 6.12. The quantitative estimate of drug-likeness (QED) is 0.756. The average Bonchev–Trinajstić information content (AvgIpc) is 2.63. The van der Waals surface area contributed by atoms with E-state index < -0.39 is 0 Å². The molecule has 0 aliphatic rings. The number of amides is 2. The maximum absolute atomic E-state index is 12.0. The summed E-state index contributed by atoms with van der Waals surface area (Å²) in [5.74, 6) is 0.946. The molecule has 0 saturated heterocycles. The number of ether oxygens (including phenoxy) is 2. The van der Waals surface area contributed by atoms with Crippen molar-refractivity contribution in [3.63, 3.8) is 0 Å². The molecule has 2 aromatic rings. The highest BCUT2D eigenvalue weighted by Crippen LogP contribution is 2.18. The van der Waals surface area contributed by atoms with E-state index in [0.717, 1.165) is 5.75 Å². The molecule has 6 heteroatoms. The zero-order valence-electron chi connectivity index (χ0n) is 15.2. The van der Waals surface area contributed by atoms with Crippen LogP contribution in [0.25, 0.3) is 0 Å². The van der Waals surface area contributed by atoms with Crippen molar-refractivity contribution in [2.24, 2.45) is 5.92 Å². The third-order valence-electron chi connectivity index (χ3n) is 3.47. The van der Waals surface area contributed by atoms with Gasteiger partial charge in [-0.1, -0.05) is 13.8 Å². The molecule has 6 nitrogen and oxygen atoms in total. The second-order valence-corrected chi connectivity index (χ2v) is 5.96. The van der Waals surface area contributed by atoms with Crippen LogP contribution < -0.4 is 20.1 Å². The summed E-state index contributed by atoms with van der Waals surface area (Å²) in [5.41, 5.74) is 1.32. The first-order chi connectivity index (χ1) is 12.5. The number of hydrogen-bond donors (Lipinski definition) is 2. The zero-order chi connectivity index (χ0) is 18.9. The summed E-state index contributed by atoms with van der Waals surface area (Å²) < 4.78 is 10.8. The summed E-state index contributed by atoms with van der Waals surface area (Å²) >= 11 is 0. The lowest BCUT2D eigenvalue weighted by molar-refractivity contribution is -0.119. The van der Waals surface area contributed by atoms with Gasteiger partial charge >= 0.3 is 0 Å². The van der Waals surface area contributed by atoms with Crippen molar-refractivity contribution in [1.82, 2.24) is 0 Å². The molecule has 0 saturated carbocycles. The van der Waals surface area contributed by atoms with Gasteiger partial charge in [-0.05, 0) is 55.5 Å². The molecule has 0 unspecified atom stereocenters. The second-order valence-electron chi connectivity index (χ2n) is 5.96. The molecule has 26 heavy (non-hydrogen) atoms. The van der Waals surface area contributed by atoms with E-state index in [0.29, 0.717) is 23.7 Å². The normalized spacial score (nSPS) is 10.3. The SMILES string of the molecule is CCOc1ccc(OCC(=O)Nc2ccc(NC(=O)C(C)C)cc2)cc1. The molecule has 2 N–H and O–H groups in total. The Labute approximate surface area is 153 Å². The van der Waals surface area contributed by atoms with Gasteiger partial charge in [0.1, 0.15) is 11.5 Å². The van der Waals surface area contributed by atoms with Gasteiger partial charge in [0.2, 0.25) is 5.91 Å². The van der Waals surface area contributed by atoms with E-state index in [-0.39, 0.29) is 24.3 Å². The number of carbonyl (C=O) groups excluding carboxylic acids is 2. The van der Waals surface area contributed by atoms with Gasteiger partial charge in [0, 0.05) is 17.3 Å². The minimum absolute atomic E-state index is 0.0504. The predicted octanol–water partition coefficient (Wildman–Crippen LogP) is 3.70. The third-order valence-corrected chi connectivity index (χ3v) is 3.47. The molecule has 2 amide bonds. The number of benzene rings is 2. The number of nitrogens with one attached hydrogen (secondary N) is 2. The molecule has 0 radical (unpaired) electrons. The molecule has 0 aliphatic carbocycles. The van der Waals surface area contributed by atoms with Crippen molar-refractivity contribution < 1.29 is 19.1 Å². The van der Waals surface area contributed by atoms with Crippen LogP contribution >= 0.6 is 0 Å². The minimum atomic E-state index is -0.266. The van der Waals surface area contributed by atoms with Crippen molar-refractivity contribution in [3.05, 3.63) is 48.5 Å². The van der Waals surface area contributed by atoms with E-state index in [4.69, 9.17) is 9.47 Å². The van der Waals surface area contributed by atoms with Gasteiger partial charge in [-0.15, -0.1) is 0 Å². The highest BCUT2D eigenvalue weighted by atomic mass is 16.5. The van der Waals surface area contributed by atoms with Crippen LogP contribution in [0.15, 0.2) is 48.5 Å². The fraction of sp³-hybridized carbons (Fsp3) is 0.300. The molecule has 0 aromatic heterocycles. The van der Waals surface area contributed by atoms with Crippen molar-refractivity contribution in [1.29, 1.82) is 0 Å². The zero-order valence-corrected chi connectivity index (χ0v) is 15.2. The predicted molar refractivity (Wildman–Crippen MR) is 102 cm³/mol. The van der Waals surface area contributed by atoms with Crippen LogP contribution in [0.5, 0.6) is 11.5 Å². The summed E-state index contributed by atoms with van der Waals surface area (Å²) in [5, 5.41) is 5.54. The minimum Gasteiger partial charge on any atom is -0.494 e. The molecule has 138 valence electrons. The van der Waals surface area contributed by atoms with Gasteiger partial charge in [-0.25, -0.2) is 0 Å². The molecule has 2 rings (SSSR count). The smallest absolute Gasteiger partial charge is 0.262 e. The topological polar surface area (TPSA) is 76.7 Å². The molecule has 0 bridgehead atoms. The Balaban J connectivity index is 1.81. The first-order valence-electron chi connectivity index (χ1n) is 8.54. The van der Waals surface area contributed by atoms with Crippen LogP contribution in [-0.4, -0.2) is 25.0 Å². The molecule has 2 aromatic carbocycles. The van der Waals surface area contributed by atoms with E-state index in [1.54, 1.807) is 48.5 Å². The summed E-state index contributed by atoms with van der Waals surface area (Å²) in [6.45, 7) is 6.07. The maximum atomic E-state index is 12.0. The number of anilines is 2. The highest BCUT2D eigenvalue weighted by Gasteiger charge is 2.08. The lowest BCUT2D eigenvalue weighted by atomic mass is 10.2.